The summed E-state index contributed by atoms with van der Waals surface area (Å²) in [7, 11) is 1.57. The Hall–Kier alpha value is -1.95. The lowest BCUT2D eigenvalue weighted by atomic mass is 10.2. The zero-order chi connectivity index (χ0) is 12.3. The Bertz CT molecular complexity index is 478. The van der Waals surface area contributed by atoms with Crippen LogP contribution in [-0.4, -0.2) is 28.3 Å². The fourth-order valence-electron chi connectivity index (χ4n) is 1.36. The molecule has 2 aromatic rings. The molecule has 0 fully saturated rings. The molecular formula is C11H14N4O2. The molecule has 0 spiro atoms. The van der Waals surface area contributed by atoms with Crippen molar-refractivity contribution >= 4 is 0 Å². The highest BCUT2D eigenvalue weighted by Gasteiger charge is 2.10. The zero-order valence-electron chi connectivity index (χ0n) is 9.75. The standard InChI is InChI=1S/C11H14N4O2/c1-7(12)5-10-14-11(15-17-10)8-3-4-9(16-2)13-6-8/h3-4,6-7H,5,12H2,1-2H3. The molecule has 1 atom stereocenters. The molecule has 0 aliphatic rings. The van der Waals surface area contributed by atoms with Gasteiger partial charge >= 0.3 is 0 Å². The summed E-state index contributed by atoms with van der Waals surface area (Å²) in [5, 5.41) is 3.87. The Morgan fingerprint density at radius 3 is 2.88 bits per heavy atom. The second kappa shape index (κ2) is 4.92. The maximum Gasteiger partial charge on any atom is 0.228 e. The van der Waals surface area contributed by atoms with Gasteiger partial charge in [0, 0.05) is 30.3 Å². The van der Waals surface area contributed by atoms with Crippen LogP contribution in [0.4, 0.5) is 0 Å². The summed E-state index contributed by atoms with van der Waals surface area (Å²) in [6, 6.07) is 3.57. The summed E-state index contributed by atoms with van der Waals surface area (Å²) < 4.78 is 10.1. The fraction of sp³-hybridized carbons (Fsp3) is 0.364. The van der Waals surface area contributed by atoms with Gasteiger partial charge in [0.05, 0.1) is 7.11 Å². The van der Waals surface area contributed by atoms with Crippen LogP contribution in [0.1, 0.15) is 12.8 Å². The number of ether oxygens (including phenoxy) is 1. The first-order valence-corrected chi connectivity index (χ1v) is 5.27. The largest absolute Gasteiger partial charge is 0.481 e. The van der Waals surface area contributed by atoms with E-state index in [1.54, 1.807) is 19.4 Å². The Morgan fingerprint density at radius 2 is 2.29 bits per heavy atom. The molecule has 0 aromatic carbocycles. The number of pyridine rings is 1. The van der Waals surface area contributed by atoms with Crippen LogP contribution in [0.15, 0.2) is 22.9 Å². The highest BCUT2D eigenvalue weighted by atomic mass is 16.5. The first-order chi connectivity index (χ1) is 8.19. The van der Waals surface area contributed by atoms with Crippen molar-refractivity contribution in [2.24, 2.45) is 5.73 Å². The van der Waals surface area contributed by atoms with E-state index in [1.165, 1.54) is 0 Å². The summed E-state index contributed by atoms with van der Waals surface area (Å²) in [5.74, 6) is 1.59. The number of hydrogen-bond acceptors (Lipinski definition) is 6. The van der Waals surface area contributed by atoms with E-state index in [2.05, 4.69) is 15.1 Å². The number of aromatic nitrogens is 3. The van der Waals surface area contributed by atoms with Crippen molar-refractivity contribution in [2.45, 2.75) is 19.4 Å². The normalized spacial score (nSPS) is 12.4. The summed E-state index contributed by atoms with van der Waals surface area (Å²) in [4.78, 5) is 8.31. The highest BCUT2D eigenvalue weighted by Crippen LogP contribution is 2.17. The first-order valence-electron chi connectivity index (χ1n) is 5.27. The Morgan fingerprint density at radius 1 is 1.47 bits per heavy atom. The summed E-state index contributed by atoms with van der Waals surface area (Å²) in [6.45, 7) is 1.89. The van der Waals surface area contributed by atoms with Crippen molar-refractivity contribution in [3.63, 3.8) is 0 Å². The van der Waals surface area contributed by atoms with Gasteiger partial charge in [0.2, 0.25) is 17.6 Å². The van der Waals surface area contributed by atoms with Crippen LogP contribution in [0, 0.1) is 0 Å². The van der Waals surface area contributed by atoms with Crippen molar-refractivity contribution in [3.05, 3.63) is 24.2 Å². The summed E-state index contributed by atoms with van der Waals surface area (Å²) in [5.41, 5.74) is 6.44. The summed E-state index contributed by atoms with van der Waals surface area (Å²) in [6.07, 6.45) is 2.20. The van der Waals surface area contributed by atoms with Gasteiger partial charge in [-0.2, -0.15) is 4.98 Å². The Labute approximate surface area is 98.8 Å². The summed E-state index contributed by atoms with van der Waals surface area (Å²) >= 11 is 0. The van der Waals surface area contributed by atoms with E-state index in [1.807, 2.05) is 13.0 Å². The molecule has 1 unspecified atom stereocenters. The average molecular weight is 234 g/mol. The Kier molecular flexibility index (Phi) is 3.34. The minimum absolute atomic E-state index is 0.00251. The van der Waals surface area contributed by atoms with Crippen LogP contribution in [-0.2, 0) is 6.42 Å². The van der Waals surface area contributed by atoms with Crippen molar-refractivity contribution in [2.75, 3.05) is 7.11 Å². The lowest BCUT2D eigenvalue weighted by molar-refractivity contribution is 0.372. The second-order valence-corrected chi connectivity index (χ2v) is 3.78. The van der Waals surface area contributed by atoms with Crippen molar-refractivity contribution in [3.8, 4) is 17.3 Å². The van der Waals surface area contributed by atoms with E-state index in [9.17, 15) is 0 Å². The third-order valence-corrected chi connectivity index (χ3v) is 2.17. The molecule has 0 saturated heterocycles. The number of nitrogens with two attached hydrogens (primary N) is 1. The molecule has 17 heavy (non-hydrogen) atoms. The monoisotopic (exact) mass is 234 g/mol. The van der Waals surface area contributed by atoms with Crippen molar-refractivity contribution in [1.82, 2.24) is 15.1 Å². The quantitative estimate of drug-likeness (QED) is 0.850. The highest BCUT2D eigenvalue weighted by molar-refractivity contribution is 5.52. The van der Waals surface area contributed by atoms with Gasteiger partial charge in [-0.3, -0.25) is 0 Å². The molecule has 2 N–H and O–H groups in total. The molecule has 6 nitrogen and oxygen atoms in total. The third-order valence-electron chi connectivity index (χ3n) is 2.17. The smallest absolute Gasteiger partial charge is 0.228 e. The van der Waals surface area contributed by atoms with Crippen LogP contribution in [0.3, 0.4) is 0 Å². The van der Waals surface area contributed by atoms with Crippen LogP contribution >= 0.6 is 0 Å². The van der Waals surface area contributed by atoms with Gasteiger partial charge < -0.3 is 15.0 Å². The zero-order valence-corrected chi connectivity index (χ0v) is 9.75. The number of rotatable bonds is 4. The van der Waals surface area contributed by atoms with Gasteiger partial charge in [-0.25, -0.2) is 4.98 Å². The maximum absolute atomic E-state index is 5.65. The van der Waals surface area contributed by atoms with Crippen LogP contribution in [0.2, 0.25) is 0 Å². The van der Waals surface area contributed by atoms with Gasteiger partial charge in [-0.1, -0.05) is 5.16 Å². The van der Waals surface area contributed by atoms with Crippen LogP contribution in [0.5, 0.6) is 5.88 Å². The van der Waals surface area contributed by atoms with Crippen LogP contribution in [0.25, 0.3) is 11.4 Å². The molecule has 0 saturated carbocycles. The van der Waals surface area contributed by atoms with Gasteiger partial charge in [0.15, 0.2) is 0 Å². The van der Waals surface area contributed by atoms with Crippen molar-refractivity contribution in [1.29, 1.82) is 0 Å². The predicted octanol–water partition coefficient (Wildman–Crippen LogP) is 1.03. The molecule has 0 radical (unpaired) electrons. The third kappa shape index (κ3) is 2.79. The maximum atomic E-state index is 5.65. The fourth-order valence-corrected chi connectivity index (χ4v) is 1.36. The molecule has 2 aromatic heterocycles. The predicted molar refractivity (Wildman–Crippen MR) is 61.4 cm³/mol. The molecule has 90 valence electrons. The minimum Gasteiger partial charge on any atom is -0.481 e. The molecule has 0 aliphatic carbocycles. The Balaban J connectivity index is 2.18. The van der Waals surface area contributed by atoms with E-state index in [0.717, 1.165) is 5.56 Å². The van der Waals surface area contributed by atoms with Gasteiger partial charge in [0.1, 0.15) is 0 Å². The van der Waals surface area contributed by atoms with E-state index >= 15 is 0 Å². The average Bonchev–Trinajstić information content (AvgIpc) is 2.77. The molecule has 0 aliphatic heterocycles. The van der Waals surface area contributed by atoms with E-state index in [0.29, 0.717) is 24.0 Å². The molecule has 2 rings (SSSR count). The van der Waals surface area contributed by atoms with Crippen molar-refractivity contribution < 1.29 is 9.26 Å². The lowest BCUT2D eigenvalue weighted by Crippen LogP contribution is -2.17. The molecular weight excluding hydrogens is 220 g/mol. The number of nitrogens with zero attached hydrogens (tertiary/aromatic N) is 3. The molecule has 6 heteroatoms. The second-order valence-electron chi connectivity index (χ2n) is 3.78. The first kappa shape index (κ1) is 11.5. The SMILES string of the molecule is COc1ccc(-c2noc(CC(C)N)n2)cn1. The van der Waals surface area contributed by atoms with E-state index < -0.39 is 0 Å². The van der Waals surface area contributed by atoms with Gasteiger partial charge in [0.25, 0.3) is 0 Å². The molecule has 0 amide bonds. The minimum atomic E-state index is -0.00251. The topological polar surface area (TPSA) is 87.1 Å². The van der Waals surface area contributed by atoms with E-state index in [-0.39, 0.29) is 6.04 Å². The number of methoxy groups -OCH3 is 1. The molecule has 2 heterocycles. The number of hydrogen-bond donors (Lipinski definition) is 1. The molecule has 0 bridgehead atoms. The van der Waals surface area contributed by atoms with Gasteiger partial charge in [-0.05, 0) is 13.0 Å². The van der Waals surface area contributed by atoms with E-state index in [4.69, 9.17) is 15.0 Å². The lowest BCUT2D eigenvalue weighted by Gasteiger charge is -1.98. The van der Waals surface area contributed by atoms with Crippen LogP contribution < -0.4 is 10.5 Å². The van der Waals surface area contributed by atoms with Gasteiger partial charge in [-0.15, -0.1) is 0 Å².